The van der Waals surface area contributed by atoms with Gasteiger partial charge in [0.25, 0.3) is 0 Å². The van der Waals surface area contributed by atoms with E-state index in [2.05, 4.69) is 22.1 Å². The SMILES string of the molecule is COC(=O)c1cccnc1NC1C=CC#CC1. The summed E-state index contributed by atoms with van der Waals surface area (Å²) in [6.07, 6.45) is 6.08. The minimum atomic E-state index is -0.397. The van der Waals surface area contributed by atoms with Gasteiger partial charge in [0.05, 0.1) is 13.2 Å². The number of carbonyl (C=O) groups excluding carboxylic acids is 1. The Labute approximate surface area is 99.7 Å². The number of hydrogen-bond acceptors (Lipinski definition) is 4. The topological polar surface area (TPSA) is 51.2 Å². The van der Waals surface area contributed by atoms with Crippen LogP contribution in [0.25, 0.3) is 0 Å². The normalized spacial score (nSPS) is 16.9. The predicted molar refractivity (Wildman–Crippen MR) is 64.5 cm³/mol. The monoisotopic (exact) mass is 228 g/mol. The van der Waals surface area contributed by atoms with Gasteiger partial charge in [-0.15, -0.1) is 0 Å². The third kappa shape index (κ3) is 2.64. The van der Waals surface area contributed by atoms with Crippen molar-refractivity contribution in [3.63, 3.8) is 0 Å². The maximum absolute atomic E-state index is 11.5. The first kappa shape index (κ1) is 11.2. The molecular formula is C13H12N2O2. The van der Waals surface area contributed by atoms with Gasteiger partial charge >= 0.3 is 5.97 Å². The second-order valence-corrected chi connectivity index (χ2v) is 3.53. The quantitative estimate of drug-likeness (QED) is 0.630. The van der Waals surface area contributed by atoms with Crippen molar-refractivity contribution in [2.24, 2.45) is 0 Å². The van der Waals surface area contributed by atoms with Crippen LogP contribution in [0.4, 0.5) is 5.82 Å². The lowest BCUT2D eigenvalue weighted by Crippen LogP contribution is -2.20. The number of carbonyl (C=O) groups is 1. The average Bonchev–Trinajstić information content (AvgIpc) is 2.40. The molecule has 86 valence electrons. The number of aromatic nitrogens is 1. The van der Waals surface area contributed by atoms with Crippen LogP contribution < -0.4 is 5.32 Å². The molecule has 0 amide bonds. The fourth-order valence-corrected chi connectivity index (χ4v) is 1.53. The number of allylic oxidation sites excluding steroid dienone is 1. The summed E-state index contributed by atoms with van der Waals surface area (Å²) in [5.74, 6) is 5.97. The Kier molecular flexibility index (Phi) is 3.41. The molecule has 1 aromatic heterocycles. The Bertz CT molecular complexity index is 512. The van der Waals surface area contributed by atoms with E-state index in [0.717, 1.165) is 0 Å². The summed E-state index contributed by atoms with van der Waals surface area (Å²) < 4.78 is 4.70. The van der Waals surface area contributed by atoms with Crippen LogP contribution in [0.1, 0.15) is 16.8 Å². The minimum absolute atomic E-state index is 0.0783. The van der Waals surface area contributed by atoms with E-state index in [1.807, 2.05) is 6.08 Å². The van der Waals surface area contributed by atoms with E-state index in [0.29, 0.717) is 17.8 Å². The van der Waals surface area contributed by atoms with Gasteiger partial charge in [-0.25, -0.2) is 9.78 Å². The zero-order chi connectivity index (χ0) is 12.1. The maximum atomic E-state index is 11.5. The molecule has 0 aromatic carbocycles. The van der Waals surface area contributed by atoms with Gasteiger partial charge in [-0.2, -0.15) is 0 Å². The number of nitrogens with zero attached hydrogens (tertiary/aromatic N) is 1. The second-order valence-electron chi connectivity index (χ2n) is 3.53. The molecule has 0 bridgehead atoms. The Balaban J connectivity index is 2.18. The smallest absolute Gasteiger partial charge is 0.341 e. The van der Waals surface area contributed by atoms with Gasteiger partial charge in [-0.3, -0.25) is 0 Å². The van der Waals surface area contributed by atoms with Crippen LogP contribution in [0.15, 0.2) is 30.5 Å². The molecule has 0 aliphatic heterocycles. The number of pyridine rings is 1. The van der Waals surface area contributed by atoms with E-state index < -0.39 is 5.97 Å². The first-order valence-electron chi connectivity index (χ1n) is 5.26. The molecule has 1 unspecified atom stereocenters. The van der Waals surface area contributed by atoms with E-state index >= 15 is 0 Å². The van der Waals surface area contributed by atoms with Crippen LogP contribution >= 0.6 is 0 Å². The Morgan fingerprint density at radius 2 is 2.53 bits per heavy atom. The summed E-state index contributed by atoms with van der Waals surface area (Å²) in [4.78, 5) is 15.7. The van der Waals surface area contributed by atoms with Gasteiger partial charge in [0, 0.05) is 12.6 Å². The van der Waals surface area contributed by atoms with E-state index in [1.54, 1.807) is 24.4 Å². The molecule has 0 fully saturated rings. The average molecular weight is 228 g/mol. The van der Waals surface area contributed by atoms with Crippen molar-refractivity contribution < 1.29 is 9.53 Å². The molecule has 0 saturated carbocycles. The van der Waals surface area contributed by atoms with Crippen molar-refractivity contribution in [1.29, 1.82) is 0 Å². The number of esters is 1. The molecule has 4 nitrogen and oxygen atoms in total. The number of hydrogen-bond donors (Lipinski definition) is 1. The van der Waals surface area contributed by atoms with Crippen LogP contribution in [0.2, 0.25) is 0 Å². The van der Waals surface area contributed by atoms with Crippen LogP contribution in [0.3, 0.4) is 0 Å². The summed E-state index contributed by atoms with van der Waals surface area (Å²) >= 11 is 0. The first-order valence-corrected chi connectivity index (χ1v) is 5.26. The standard InChI is InChI=1S/C13H12N2O2/c1-17-13(16)11-8-5-9-14-12(11)15-10-6-3-2-4-7-10/h3,5-6,8-10H,7H2,1H3,(H,14,15). The van der Waals surface area contributed by atoms with Gasteiger partial charge in [0.2, 0.25) is 0 Å². The predicted octanol–water partition coefficient (Wildman–Crippen LogP) is 1.61. The lowest BCUT2D eigenvalue weighted by Gasteiger charge is -2.15. The second kappa shape index (κ2) is 5.17. The van der Waals surface area contributed by atoms with Gasteiger partial charge in [0.15, 0.2) is 0 Å². The van der Waals surface area contributed by atoms with Crippen LogP contribution in [0, 0.1) is 11.8 Å². The van der Waals surface area contributed by atoms with E-state index in [-0.39, 0.29) is 6.04 Å². The van der Waals surface area contributed by atoms with Crippen molar-refractivity contribution in [3.05, 3.63) is 36.0 Å². The molecule has 0 radical (unpaired) electrons. The summed E-state index contributed by atoms with van der Waals surface area (Å²) in [6.45, 7) is 0. The summed E-state index contributed by atoms with van der Waals surface area (Å²) in [5.41, 5.74) is 0.432. The number of rotatable bonds is 3. The zero-order valence-electron chi connectivity index (χ0n) is 9.43. The largest absolute Gasteiger partial charge is 0.465 e. The highest BCUT2D eigenvalue weighted by Gasteiger charge is 2.14. The van der Waals surface area contributed by atoms with Gasteiger partial charge in [0.1, 0.15) is 11.4 Å². The fraction of sp³-hybridized carbons (Fsp3) is 0.231. The van der Waals surface area contributed by atoms with Gasteiger partial charge < -0.3 is 10.1 Å². The van der Waals surface area contributed by atoms with Crippen molar-refractivity contribution in [2.45, 2.75) is 12.5 Å². The third-order valence-corrected chi connectivity index (χ3v) is 2.37. The summed E-state index contributed by atoms with van der Waals surface area (Å²) in [6, 6.07) is 3.46. The molecular weight excluding hydrogens is 216 g/mol. The van der Waals surface area contributed by atoms with Crippen LogP contribution in [-0.4, -0.2) is 24.1 Å². The minimum Gasteiger partial charge on any atom is -0.465 e. The molecule has 4 heteroatoms. The van der Waals surface area contributed by atoms with Gasteiger partial charge in [-0.05, 0) is 18.2 Å². The van der Waals surface area contributed by atoms with E-state index in [1.165, 1.54) is 7.11 Å². The first-order chi connectivity index (χ1) is 8.31. The third-order valence-electron chi connectivity index (χ3n) is 2.37. The van der Waals surface area contributed by atoms with Gasteiger partial charge in [-0.1, -0.05) is 17.9 Å². The van der Waals surface area contributed by atoms with E-state index in [9.17, 15) is 4.79 Å². The molecule has 1 aliphatic rings. The number of anilines is 1. The molecule has 1 N–H and O–H groups in total. The molecule has 0 spiro atoms. The lowest BCUT2D eigenvalue weighted by atomic mass is 10.1. The molecule has 2 rings (SSSR count). The molecule has 1 aromatic rings. The van der Waals surface area contributed by atoms with Crippen molar-refractivity contribution in [3.8, 4) is 11.8 Å². The highest BCUT2D eigenvalue weighted by Crippen LogP contribution is 2.15. The highest BCUT2D eigenvalue weighted by atomic mass is 16.5. The maximum Gasteiger partial charge on any atom is 0.341 e. The van der Waals surface area contributed by atoms with Crippen LogP contribution in [0.5, 0.6) is 0 Å². The lowest BCUT2D eigenvalue weighted by molar-refractivity contribution is 0.0601. The van der Waals surface area contributed by atoms with E-state index in [4.69, 9.17) is 4.74 Å². The Hall–Kier alpha value is -2.28. The number of ether oxygens (including phenoxy) is 1. The van der Waals surface area contributed by atoms with Crippen molar-refractivity contribution in [1.82, 2.24) is 4.98 Å². The molecule has 1 heterocycles. The summed E-state index contributed by atoms with van der Waals surface area (Å²) in [7, 11) is 1.35. The molecule has 0 saturated heterocycles. The van der Waals surface area contributed by atoms with Crippen molar-refractivity contribution >= 4 is 11.8 Å². The Morgan fingerprint density at radius 3 is 3.24 bits per heavy atom. The number of nitrogens with one attached hydrogen (secondary N) is 1. The molecule has 1 aliphatic carbocycles. The zero-order valence-corrected chi connectivity index (χ0v) is 9.43. The van der Waals surface area contributed by atoms with Crippen LogP contribution in [-0.2, 0) is 4.74 Å². The molecule has 17 heavy (non-hydrogen) atoms. The fourth-order valence-electron chi connectivity index (χ4n) is 1.53. The molecule has 1 atom stereocenters. The Morgan fingerprint density at radius 1 is 1.65 bits per heavy atom. The van der Waals surface area contributed by atoms with Crippen molar-refractivity contribution in [2.75, 3.05) is 12.4 Å². The highest BCUT2D eigenvalue weighted by molar-refractivity contribution is 5.94. The summed E-state index contributed by atoms with van der Waals surface area (Å²) in [5, 5.41) is 3.16. The number of methoxy groups -OCH3 is 1.